The molecule has 14 heavy (non-hydrogen) atoms. The van der Waals surface area contributed by atoms with Crippen LogP contribution in [0.2, 0.25) is 0 Å². The van der Waals surface area contributed by atoms with Gasteiger partial charge in [0.1, 0.15) is 0 Å². The van der Waals surface area contributed by atoms with Crippen LogP contribution < -0.4 is 0 Å². The van der Waals surface area contributed by atoms with Crippen molar-refractivity contribution in [2.45, 2.75) is 37.9 Å². The van der Waals surface area contributed by atoms with Crippen molar-refractivity contribution in [2.75, 3.05) is 0 Å². The Kier molecular flexibility index (Phi) is 3.89. The van der Waals surface area contributed by atoms with Crippen molar-refractivity contribution in [3.63, 3.8) is 0 Å². The van der Waals surface area contributed by atoms with Crippen LogP contribution in [0.1, 0.15) is 25.7 Å². The van der Waals surface area contributed by atoms with E-state index in [1.54, 1.807) is 6.08 Å². The normalized spacial score (nSPS) is 26.4. The van der Waals surface area contributed by atoms with Crippen LogP contribution in [0, 0.1) is 0 Å². The van der Waals surface area contributed by atoms with Gasteiger partial charge in [0.25, 0.3) is 0 Å². The molecule has 2 atom stereocenters. The topological polar surface area (TPSA) is 46.5 Å². The summed E-state index contributed by atoms with van der Waals surface area (Å²) in [4.78, 5) is 10.4. The zero-order chi connectivity index (χ0) is 10.6. The number of carbonyl (C=O) groups is 1. The van der Waals surface area contributed by atoms with E-state index >= 15 is 0 Å². The molecule has 78 valence electrons. The van der Waals surface area contributed by atoms with Gasteiger partial charge in [-0.15, -0.1) is 6.58 Å². The van der Waals surface area contributed by atoms with E-state index in [0.29, 0.717) is 6.42 Å². The maximum absolute atomic E-state index is 10.4. The Labute approximate surface area is 84.1 Å². The molecule has 0 aromatic carbocycles. The Morgan fingerprint density at radius 2 is 2.43 bits per heavy atom. The molecule has 0 spiro atoms. The van der Waals surface area contributed by atoms with Crippen LogP contribution in [0.5, 0.6) is 0 Å². The Hall–Kier alpha value is -1.09. The van der Waals surface area contributed by atoms with Crippen LogP contribution in [-0.2, 0) is 9.53 Å². The van der Waals surface area contributed by atoms with Gasteiger partial charge in [0.15, 0.2) is 0 Å². The molecule has 1 rings (SSSR count). The summed E-state index contributed by atoms with van der Waals surface area (Å²) in [6.45, 7) is 7.55. The van der Waals surface area contributed by atoms with E-state index in [1.165, 1.54) is 0 Å². The van der Waals surface area contributed by atoms with E-state index < -0.39 is 5.97 Å². The smallest absolute Gasteiger partial charge is 0.303 e. The van der Waals surface area contributed by atoms with Crippen molar-refractivity contribution in [3.05, 3.63) is 24.8 Å². The molecule has 1 heterocycles. The van der Waals surface area contributed by atoms with Gasteiger partial charge in [-0.05, 0) is 24.8 Å². The first kappa shape index (κ1) is 11.0. The lowest BCUT2D eigenvalue weighted by molar-refractivity contribution is -0.137. The summed E-state index contributed by atoms with van der Waals surface area (Å²) in [7, 11) is 0. The third-order valence-electron chi connectivity index (χ3n) is 2.36. The number of ether oxygens (including phenoxy) is 1. The van der Waals surface area contributed by atoms with Crippen molar-refractivity contribution in [1.82, 2.24) is 0 Å². The fourth-order valence-corrected chi connectivity index (χ4v) is 1.63. The number of carboxylic acid groups (broad SMARTS) is 1. The van der Waals surface area contributed by atoms with Gasteiger partial charge in [-0.25, -0.2) is 0 Å². The minimum Gasteiger partial charge on any atom is -0.481 e. The number of hydrogen-bond donors (Lipinski definition) is 1. The lowest BCUT2D eigenvalue weighted by Crippen LogP contribution is -2.12. The minimum absolute atomic E-state index is 0.0311. The van der Waals surface area contributed by atoms with E-state index in [0.717, 1.165) is 18.4 Å². The molecule has 0 saturated carbocycles. The largest absolute Gasteiger partial charge is 0.481 e. The fraction of sp³-hybridized carbons (Fsp3) is 0.545. The molecule has 0 bridgehead atoms. The molecule has 0 aromatic rings. The monoisotopic (exact) mass is 196 g/mol. The second kappa shape index (κ2) is 4.96. The molecule has 0 aliphatic carbocycles. The molecule has 0 amide bonds. The van der Waals surface area contributed by atoms with E-state index in [4.69, 9.17) is 9.84 Å². The quantitative estimate of drug-likeness (QED) is 0.685. The average molecular weight is 196 g/mol. The van der Waals surface area contributed by atoms with Gasteiger partial charge in [-0.1, -0.05) is 12.7 Å². The highest BCUT2D eigenvalue weighted by molar-refractivity contribution is 5.66. The number of rotatable bonds is 5. The van der Waals surface area contributed by atoms with Gasteiger partial charge in [0, 0.05) is 6.42 Å². The van der Waals surface area contributed by atoms with E-state index in [1.807, 2.05) is 0 Å². The zero-order valence-corrected chi connectivity index (χ0v) is 8.24. The summed E-state index contributed by atoms with van der Waals surface area (Å²) in [6.07, 6.45) is 4.17. The molecule has 3 nitrogen and oxygen atoms in total. The fourth-order valence-electron chi connectivity index (χ4n) is 1.63. The maximum Gasteiger partial charge on any atom is 0.303 e. The predicted octanol–water partition coefficient (Wildman–Crippen LogP) is 2.14. The van der Waals surface area contributed by atoms with Crippen molar-refractivity contribution in [2.24, 2.45) is 0 Å². The van der Waals surface area contributed by atoms with Crippen molar-refractivity contribution in [3.8, 4) is 0 Å². The van der Waals surface area contributed by atoms with Gasteiger partial charge < -0.3 is 9.84 Å². The molecule has 0 radical (unpaired) electrons. The Morgan fingerprint density at radius 3 is 3.00 bits per heavy atom. The van der Waals surface area contributed by atoms with Crippen LogP contribution in [0.25, 0.3) is 0 Å². The molecular weight excluding hydrogens is 180 g/mol. The van der Waals surface area contributed by atoms with E-state index in [9.17, 15) is 4.79 Å². The summed E-state index contributed by atoms with van der Waals surface area (Å²) in [6, 6.07) is 0. The Bertz CT molecular complexity index is 245. The zero-order valence-electron chi connectivity index (χ0n) is 8.24. The third kappa shape index (κ3) is 3.00. The van der Waals surface area contributed by atoms with Gasteiger partial charge in [-0.2, -0.15) is 0 Å². The van der Waals surface area contributed by atoms with Crippen molar-refractivity contribution >= 4 is 5.97 Å². The molecule has 1 saturated heterocycles. The van der Waals surface area contributed by atoms with Crippen LogP contribution in [-0.4, -0.2) is 23.3 Å². The first-order chi connectivity index (χ1) is 6.63. The molecule has 3 heteroatoms. The van der Waals surface area contributed by atoms with Gasteiger partial charge in [0.05, 0.1) is 12.2 Å². The second-order valence-corrected chi connectivity index (χ2v) is 3.57. The molecule has 1 N–H and O–H groups in total. The second-order valence-electron chi connectivity index (χ2n) is 3.57. The number of carboxylic acids is 1. The van der Waals surface area contributed by atoms with Gasteiger partial charge in [-0.3, -0.25) is 4.79 Å². The number of hydrogen-bond acceptors (Lipinski definition) is 2. The van der Waals surface area contributed by atoms with Crippen molar-refractivity contribution < 1.29 is 14.6 Å². The summed E-state index contributed by atoms with van der Waals surface area (Å²) in [5.74, 6) is -0.772. The summed E-state index contributed by atoms with van der Waals surface area (Å²) in [5.41, 5.74) is 1.06. The lowest BCUT2D eigenvalue weighted by Gasteiger charge is -2.10. The Balaban J connectivity index is 2.34. The molecule has 0 aromatic heterocycles. The van der Waals surface area contributed by atoms with Gasteiger partial charge >= 0.3 is 5.97 Å². The molecule has 0 unspecified atom stereocenters. The maximum atomic E-state index is 10.4. The van der Waals surface area contributed by atoms with Crippen LogP contribution in [0.3, 0.4) is 0 Å². The van der Waals surface area contributed by atoms with Crippen LogP contribution in [0.4, 0.5) is 0 Å². The minimum atomic E-state index is -0.772. The summed E-state index contributed by atoms with van der Waals surface area (Å²) < 4.78 is 5.63. The SMILES string of the molecule is C=CC[C@@H]1O[C@@H](CCC(=O)O)CC1=C. The average Bonchev–Trinajstić information content (AvgIpc) is 2.45. The van der Waals surface area contributed by atoms with E-state index in [2.05, 4.69) is 13.2 Å². The van der Waals surface area contributed by atoms with Crippen LogP contribution in [0.15, 0.2) is 24.8 Å². The van der Waals surface area contributed by atoms with Crippen molar-refractivity contribution in [1.29, 1.82) is 0 Å². The molecule has 1 aliphatic heterocycles. The standard InChI is InChI=1S/C11H16O3/c1-3-4-10-8(2)7-9(14-10)5-6-11(12)13/h3,9-10H,1-2,4-7H2,(H,12,13)/t9-,10-/m0/s1. The highest BCUT2D eigenvalue weighted by Crippen LogP contribution is 2.29. The summed E-state index contributed by atoms with van der Waals surface area (Å²) in [5, 5.41) is 8.51. The third-order valence-corrected chi connectivity index (χ3v) is 2.36. The lowest BCUT2D eigenvalue weighted by atomic mass is 10.0. The first-order valence-corrected chi connectivity index (χ1v) is 4.79. The first-order valence-electron chi connectivity index (χ1n) is 4.79. The molecule has 1 aliphatic rings. The highest BCUT2D eigenvalue weighted by Gasteiger charge is 2.27. The van der Waals surface area contributed by atoms with Gasteiger partial charge in [0.2, 0.25) is 0 Å². The molecular formula is C11H16O3. The van der Waals surface area contributed by atoms with Crippen LogP contribution >= 0.6 is 0 Å². The van der Waals surface area contributed by atoms with E-state index in [-0.39, 0.29) is 18.6 Å². The molecule has 1 fully saturated rings. The predicted molar refractivity (Wildman–Crippen MR) is 54.1 cm³/mol. The Morgan fingerprint density at radius 1 is 1.71 bits per heavy atom. The summed E-state index contributed by atoms with van der Waals surface area (Å²) >= 11 is 0. The highest BCUT2D eigenvalue weighted by atomic mass is 16.5. The number of aliphatic carboxylic acids is 1.